The molecule has 1 heterocycles. The van der Waals surface area contributed by atoms with Gasteiger partial charge in [0.15, 0.2) is 0 Å². The number of rotatable bonds is 5. The number of piperidine rings is 1. The average molecular weight is 312 g/mol. The lowest BCUT2D eigenvalue weighted by atomic mass is 10.0. The maximum atomic E-state index is 12.3. The lowest BCUT2D eigenvalue weighted by Crippen LogP contribution is -2.45. The predicted molar refractivity (Wildman–Crippen MR) is 79.9 cm³/mol. The number of sulfonamides is 1. The summed E-state index contributed by atoms with van der Waals surface area (Å²) in [7, 11) is -3.62. The zero-order chi connectivity index (χ0) is 15.5. The van der Waals surface area contributed by atoms with Crippen LogP contribution in [0.15, 0.2) is 29.2 Å². The number of anilines is 1. The second kappa shape index (κ2) is 6.44. The number of hydrogen-bond donors (Lipinski definition) is 2. The molecule has 1 aliphatic heterocycles. The molecule has 1 aliphatic rings. The molecular weight excluding hydrogens is 292 g/mol. The number of hydrogen-bond acceptors (Lipinski definition) is 4. The van der Waals surface area contributed by atoms with Crippen molar-refractivity contribution in [3.05, 3.63) is 24.3 Å². The Balaban J connectivity index is 2.46. The number of nitrogens with zero attached hydrogens (tertiary/aromatic N) is 1. The first-order valence-corrected chi connectivity index (χ1v) is 8.54. The molecule has 0 saturated carbocycles. The SMILES string of the molecule is CCNS(=O)(=O)c1ccccc1N1CCCCC1C(=O)O. The fourth-order valence-corrected chi connectivity index (χ4v) is 3.92. The third-order valence-corrected chi connectivity index (χ3v) is 5.18. The summed E-state index contributed by atoms with van der Waals surface area (Å²) in [5, 5.41) is 9.36. The first-order valence-electron chi connectivity index (χ1n) is 7.05. The van der Waals surface area contributed by atoms with Crippen molar-refractivity contribution in [1.29, 1.82) is 0 Å². The molecule has 0 amide bonds. The Labute approximate surface area is 124 Å². The van der Waals surface area contributed by atoms with Crippen LogP contribution >= 0.6 is 0 Å². The van der Waals surface area contributed by atoms with Gasteiger partial charge in [0.05, 0.1) is 5.69 Å². The van der Waals surface area contributed by atoms with Crippen LogP contribution in [0.1, 0.15) is 26.2 Å². The summed E-state index contributed by atoms with van der Waals surface area (Å²) < 4.78 is 27.0. The van der Waals surface area contributed by atoms with Crippen LogP contribution in [-0.2, 0) is 14.8 Å². The molecule has 1 aromatic rings. The second-order valence-corrected chi connectivity index (χ2v) is 6.75. The summed E-state index contributed by atoms with van der Waals surface area (Å²) in [5.74, 6) is -0.912. The van der Waals surface area contributed by atoms with Crippen LogP contribution < -0.4 is 9.62 Å². The summed E-state index contributed by atoms with van der Waals surface area (Å²) in [5.41, 5.74) is 0.463. The van der Waals surface area contributed by atoms with Crippen molar-refractivity contribution < 1.29 is 18.3 Å². The molecule has 0 aromatic heterocycles. The van der Waals surface area contributed by atoms with Crippen LogP contribution in [-0.4, -0.2) is 38.6 Å². The van der Waals surface area contributed by atoms with Crippen molar-refractivity contribution in [2.24, 2.45) is 0 Å². The average Bonchev–Trinajstić information content (AvgIpc) is 2.47. The maximum absolute atomic E-state index is 12.3. The highest BCUT2D eigenvalue weighted by atomic mass is 32.2. The van der Waals surface area contributed by atoms with E-state index in [9.17, 15) is 18.3 Å². The third-order valence-electron chi connectivity index (χ3n) is 3.59. The van der Waals surface area contributed by atoms with Gasteiger partial charge in [-0.05, 0) is 31.4 Å². The molecule has 0 spiro atoms. The van der Waals surface area contributed by atoms with E-state index in [4.69, 9.17) is 0 Å². The number of carbonyl (C=O) groups is 1. The smallest absolute Gasteiger partial charge is 0.326 e. The van der Waals surface area contributed by atoms with E-state index in [0.717, 1.165) is 12.8 Å². The Morgan fingerprint density at radius 3 is 2.76 bits per heavy atom. The molecule has 1 fully saturated rings. The summed E-state index contributed by atoms with van der Waals surface area (Å²) in [4.78, 5) is 13.2. The van der Waals surface area contributed by atoms with Gasteiger partial charge in [0.2, 0.25) is 10.0 Å². The third kappa shape index (κ3) is 3.36. The number of benzene rings is 1. The van der Waals surface area contributed by atoms with Crippen LogP contribution in [0.5, 0.6) is 0 Å². The highest BCUT2D eigenvalue weighted by Crippen LogP contribution is 2.30. The number of carboxylic acid groups (broad SMARTS) is 1. The minimum Gasteiger partial charge on any atom is -0.480 e. The van der Waals surface area contributed by atoms with Gasteiger partial charge in [-0.25, -0.2) is 17.9 Å². The van der Waals surface area contributed by atoms with Crippen molar-refractivity contribution >= 4 is 21.7 Å². The molecule has 0 radical (unpaired) electrons. The molecule has 0 aliphatic carbocycles. The fraction of sp³-hybridized carbons (Fsp3) is 0.500. The van der Waals surface area contributed by atoms with Crippen LogP contribution in [0.4, 0.5) is 5.69 Å². The van der Waals surface area contributed by atoms with Gasteiger partial charge in [0.25, 0.3) is 0 Å². The summed E-state index contributed by atoms with van der Waals surface area (Å²) >= 11 is 0. The van der Waals surface area contributed by atoms with E-state index in [1.165, 1.54) is 6.07 Å². The first-order chi connectivity index (χ1) is 9.97. The van der Waals surface area contributed by atoms with E-state index >= 15 is 0 Å². The van der Waals surface area contributed by atoms with E-state index in [0.29, 0.717) is 25.2 Å². The fourth-order valence-electron chi connectivity index (χ4n) is 2.67. The molecule has 21 heavy (non-hydrogen) atoms. The summed E-state index contributed by atoms with van der Waals surface area (Å²) in [6.45, 7) is 2.55. The maximum Gasteiger partial charge on any atom is 0.326 e. The number of carboxylic acids is 1. The number of aliphatic carboxylic acids is 1. The minimum absolute atomic E-state index is 0.139. The molecule has 2 N–H and O–H groups in total. The van der Waals surface area contributed by atoms with E-state index in [-0.39, 0.29) is 4.90 Å². The topological polar surface area (TPSA) is 86.7 Å². The van der Waals surface area contributed by atoms with Crippen molar-refractivity contribution in [1.82, 2.24) is 4.72 Å². The van der Waals surface area contributed by atoms with E-state index in [2.05, 4.69) is 4.72 Å². The Kier molecular flexibility index (Phi) is 4.84. The van der Waals surface area contributed by atoms with Crippen LogP contribution in [0, 0.1) is 0 Å². The van der Waals surface area contributed by atoms with E-state index in [1.807, 2.05) is 0 Å². The Morgan fingerprint density at radius 2 is 2.10 bits per heavy atom. The highest BCUT2D eigenvalue weighted by Gasteiger charge is 2.31. The summed E-state index contributed by atoms with van der Waals surface area (Å²) in [6, 6.07) is 5.89. The summed E-state index contributed by atoms with van der Waals surface area (Å²) in [6.07, 6.45) is 2.24. The minimum atomic E-state index is -3.62. The molecule has 2 rings (SSSR count). The van der Waals surface area contributed by atoms with Gasteiger partial charge >= 0.3 is 5.97 Å². The van der Waals surface area contributed by atoms with Crippen molar-refractivity contribution in [3.8, 4) is 0 Å². The Bertz CT molecular complexity index is 615. The predicted octanol–water partition coefficient (Wildman–Crippen LogP) is 1.43. The zero-order valence-electron chi connectivity index (χ0n) is 11.9. The van der Waals surface area contributed by atoms with Gasteiger partial charge in [-0.1, -0.05) is 19.1 Å². The van der Waals surface area contributed by atoms with Crippen molar-refractivity contribution in [2.75, 3.05) is 18.0 Å². The molecule has 1 saturated heterocycles. The van der Waals surface area contributed by atoms with Gasteiger partial charge in [-0.15, -0.1) is 0 Å². The molecule has 7 heteroatoms. The highest BCUT2D eigenvalue weighted by molar-refractivity contribution is 7.89. The van der Waals surface area contributed by atoms with Gasteiger partial charge < -0.3 is 10.0 Å². The van der Waals surface area contributed by atoms with E-state index in [1.54, 1.807) is 30.0 Å². The lowest BCUT2D eigenvalue weighted by Gasteiger charge is -2.35. The standard InChI is InChI=1S/C14H20N2O4S/c1-2-15-21(19,20)13-9-4-3-7-11(13)16-10-6-5-8-12(16)14(17)18/h3-4,7,9,12,15H,2,5-6,8,10H2,1H3,(H,17,18). The van der Waals surface area contributed by atoms with Crippen molar-refractivity contribution in [3.63, 3.8) is 0 Å². The number of para-hydroxylation sites is 1. The Morgan fingerprint density at radius 1 is 1.38 bits per heavy atom. The van der Waals surface area contributed by atoms with Crippen LogP contribution in [0.2, 0.25) is 0 Å². The van der Waals surface area contributed by atoms with Gasteiger partial charge in [0.1, 0.15) is 10.9 Å². The van der Waals surface area contributed by atoms with Gasteiger partial charge in [0, 0.05) is 13.1 Å². The molecule has 6 nitrogen and oxygen atoms in total. The largest absolute Gasteiger partial charge is 0.480 e. The molecular formula is C14H20N2O4S. The normalized spacial score (nSPS) is 19.5. The number of nitrogens with one attached hydrogen (secondary N) is 1. The monoisotopic (exact) mass is 312 g/mol. The van der Waals surface area contributed by atoms with Crippen LogP contribution in [0.25, 0.3) is 0 Å². The lowest BCUT2D eigenvalue weighted by molar-refractivity contribution is -0.139. The molecule has 116 valence electrons. The van der Waals surface area contributed by atoms with Crippen LogP contribution in [0.3, 0.4) is 0 Å². The molecule has 1 atom stereocenters. The quantitative estimate of drug-likeness (QED) is 0.859. The molecule has 1 unspecified atom stereocenters. The molecule has 1 aromatic carbocycles. The zero-order valence-corrected chi connectivity index (χ0v) is 12.8. The van der Waals surface area contributed by atoms with Crippen molar-refractivity contribution in [2.45, 2.75) is 37.1 Å². The van der Waals surface area contributed by atoms with E-state index < -0.39 is 22.0 Å². The Hall–Kier alpha value is -1.60. The first kappa shape index (κ1) is 15.8. The molecule has 0 bridgehead atoms. The van der Waals surface area contributed by atoms with Gasteiger partial charge in [-0.2, -0.15) is 0 Å². The van der Waals surface area contributed by atoms with Gasteiger partial charge in [-0.3, -0.25) is 0 Å². The second-order valence-electron chi connectivity index (χ2n) is 5.01.